The molecule has 0 fully saturated rings. The lowest BCUT2D eigenvalue weighted by atomic mass is 10.0. The maximum atomic E-state index is 12.3. The summed E-state index contributed by atoms with van der Waals surface area (Å²) in [7, 11) is -1.55. The molecule has 7 heteroatoms. The van der Waals surface area contributed by atoms with E-state index in [1.54, 1.807) is 0 Å². The van der Waals surface area contributed by atoms with Crippen LogP contribution in [0.3, 0.4) is 0 Å². The highest BCUT2D eigenvalue weighted by molar-refractivity contribution is 7.84. The fourth-order valence-electron chi connectivity index (χ4n) is 1.84. The van der Waals surface area contributed by atoms with Crippen LogP contribution in [-0.2, 0) is 15.8 Å². The molecule has 0 amide bonds. The minimum atomic E-state index is -1.55. The van der Waals surface area contributed by atoms with E-state index in [9.17, 15) is 4.21 Å². The molecule has 0 unspecified atom stereocenters. The molecule has 0 heterocycles. The number of hydrogen-bond acceptors (Lipinski definition) is 2. The van der Waals surface area contributed by atoms with Gasteiger partial charge in [-0.3, -0.25) is 4.79 Å². The Morgan fingerprint density at radius 3 is 1.65 bits per heavy atom. The van der Waals surface area contributed by atoms with Crippen molar-refractivity contribution in [2.45, 2.75) is 12.2 Å². The van der Waals surface area contributed by atoms with Crippen molar-refractivity contribution in [1.29, 1.82) is 0 Å². The number of nitrogens with two attached hydrogens (primary N) is 2. The molecule has 0 saturated heterocycles. The summed E-state index contributed by atoms with van der Waals surface area (Å²) in [6.45, 7) is 1.08. The molecule has 0 spiro atoms. The van der Waals surface area contributed by atoms with E-state index in [-0.39, 0.29) is 11.2 Å². The molecule has 2 rings (SSSR count). The fraction of sp³-hybridized carbons (Fsp3) is 0.125. The fourth-order valence-corrected chi connectivity index (χ4v) is 2.93. The van der Waals surface area contributed by atoms with E-state index in [2.05, 4.69) is 4.40 Å². The Morgan fingerprint density at radius 2 is 1.35 bits per heavy atom. The van der Waals surface area contributed by atoms with Crippen LogP contribution >= 0.6 is 0 Å². The summed E-state index contributed by atoms with van der Waals surface area (Å²) in [5.74, 6) is -1.00. The predicted molar refractivity (Wildman–Crippen MR) is 92.0 cm³/mol. The first-order chi connectivity index (χ1) is 10.9. The van der Waals surface area contributed by atoms with Crippen molar-refractivity contribution in [3.8, 4) is 0 Å². The lowest BCUT2D eigenvalue weighted by Gasteiger charge is -2.14. The highest BCUT2D eigenvalue weighted by atomic mass is 32.2. The maximum absolute atomic E-state index is 12.3. The van der Waals surface area contributed by atoms with Crippen LogP contribution in [0, 0.1) is 0 Å². The van der Waals surface area contributed by atoms with Gasteiger partial charge in [0, 0.05) is 6.92 Å². The van der Waals surface area contributed by atoms with Crippen LogP contribution in [0.25, 0.3) is 0 Å². The molecular weight excluding hydrogens is 314 g/mol. The van der Waals surface area contributed by atoms with Crippen molar-refractivity contribution in [1.82, 2.24) is 0 Å². The number of rotatable bonds is 4. The normalized spacial score (nSPS) is 11.0. The van der Waals surface area contributed by atoms with Gasteiger partial charge in [-0.2, -0.15) is 4.40 Å². The van der Waals surface area contributed by atoms with Crippen LogP contribution in [0.15, 0.2) is 65.1 Å². The minimum Gasteiger partial charge on any atom is -0.481 e. The van der Waals surface area contributed by atoms with Gasteiger partial charge >= 0.3 is 0 Å². The Balaban J connectivity index is 0.000000593. The number of carboxylic acids is 1. The summed E-state index contributed by atoms with van der Waals surface area (Å²) in [6, 6.07) is 19.1. The number of nitrogens with zero attached hydrogens (tertiary/aromatic N) is 1. The van der Waals surface area contributed by atoms with Gasteiger partial charge in [0.2, 0.25) is 0 Å². The molecule has 6 nitrogen and oxygen atoms in total. The van der Waals surface area contributed by atoms with Gasteiger partial charge in [0.25, 0.3) is 5.97 Å². The predicted octanol–water partition coefficient (Wildman–Crippen LogP) is 1.80. The van der Waals surface area contributed by atoms with Crippen LogP contribution in [0.4, 0.5) is 0 Å². The van der Waals surface area contributed by atoms with E-state index in [4.69, 9.17) is 21.4 Å². The van der Waals surface area contributed by atoms with E-state index in [0.29, 0.717) is 0 Å². The zero-order chi connectivity index (χ0) is 17.2. The van der Waals surface area contributed by atoms with Crippen molar-refractivity contribution >= 4 is 22.9 Å². The van der Waals surface area contributed by atoms with Crippen molar-refractivity contribution in [2.24, 2.45) is 15.9 Å². The third-order valence-electron chi connectivity index (χ3n) is 2.60. The molecule has 0 aliphatic heterocycles. The topological polar surface area (TPSA) is 119 Å². The molecule has 0 saturated carbocycles. The molecule has 0 radical (unpaired) electrons. The summed E-state index contributed by atoms with van der Waals surface area (Å²) >= 11 is 0. The highest BCUT2D eigenvalue weighted by Gasteiger charge is 2.20. The summed E-state index contributed by atoms with van der Waals surface area (Å²) in [6.07, 6.45) is 0. The van der Waals surface area contributed by atoms with Crippen LogP contribution in [-0.4, -0.2) is 21.2 Å². The second kappa shape index (κ2) is 9.37. The van der Waals surface area contributed by atoms with Gasteiger partial charge in [-0.25, -0.2) is 4.21 Å². The zero-order valence-corrected chi connectivity index (χ0v) is 13.4. The second-order valence-electron chi connectivity index (χ2n) is 4.51. The molecule has 122 valence electrons. The van der Waals surface area contributed by atoms with E-state index >= 15 is 0 Å². The monoisotopic (exact) mass is 333 g/mol. The van der Waals surface area contributed by atoms with Crippen LogP contribution in [0.5, 0.6) is 0 Å². The Labute approximate surface area is 137 Å². The molecular formula is C16H19N3O3S. The number of carbonyl (C=O) groups is 1. The minimum absolute atomic E-state index is 0.171. The third-order valence-corrected chi connectivity index (χ3v) is 3.94. The Bertz CT molecular complexity index is 628. The number of aliphatic carboxylic acids is 1. The first-order valence-electron chi connectivity index (χ1n) is 6.71. The van der Waals surface area contributed by atoms with Gasteiger partial charge in [-0.1, -0.05) is 60.7 Å². The quantitative estimate of drug-likeness (QED) is 0.582. The Kier molecular flexibility index (Phi) is 7.49. The number of benzene rings is 2. The van der Waals surface area contributed by atoms with E-state index in [1.807, 2.05) is 60.7 Å². The lowest BCUT2D eigenvalue weighted by Crippen LogP contribution is -2.24. The van der Waals surface area contributed by atoms with Crippen molar-refractivity contribution in [3.05, 3.63) is 71.8 Å². The van der Waals surface area contributed by atoms with Gasteiger partial charge in [-0.15, -0.1) is 0 Å². The van der Waals surface area contributed by atoms with Gasteiger partial charge < -0.3 is 16.6 Å². The molecule has 2 aromatic carbocycles. The van der Waals surface area contributed by atoms with E-state index in [0.717, 1.165) is 18.1 Å². The number of carboxylic acid groups (broad SMARTS) is 1. The molecule has 23 heavy (non-hydrogen) atoms. The molecule has 2 aromatic rings. The summed E-state index contributed by atoms with van der Waals surface area (Å²) < 4.78 is 16.1. The zero-order valence-electron chi connectivity index (χ0n) is 12.6. The Morgan fingerprint density at radius 1 is 1.00 bits per heavy atom. The molecule has 1 atom stereocenters. The lowest BCUT2D eigenvalue weighted by molar-refractivity contribution is -0.134. The SMILES string of the molecule is CC(=O)O.NC(N)=N[S@](=O)C(c1ccccc1)c1ccccc1. The first-order valence-corrected chi connectivity index (χ1v) is 7.88. The first kappa shape index (κ1) is 18.4. The maximum Gasteiger partial charge on any atom is 0.300 e. The van der Waals surface area contributed by atoms with Crippen LogP contribution in [0.1, 0.15) is 23.3 Å². The molecule has 0 bridgehead atoms. The van der Waals surface area contributed by atoms with Gasteiger partial charge in [0.05, 0.1) is 0 Å². The average Bonchev–Trinajstić information content (AvgIpc) is 2.48. The molecule has 0 aromatic heterocycles. The number of guanidine groups is 1. The number of hydrogen-bond donors (Lipinski definition) is 3. The van der Waals surface area contributed by atoms with Crippen molar-refractivity contribution in [3.63, 3.8) is 0 Å². The van der Waals surface area contributed by atoms with Crippen molar-refractivity contribution < 1.29 is 14.1 Å². The van der Waals surface area contributed by atoms with Crippen molar-refractivity contribution in [2.75, 3.05) is 0 Å². The summed E-state index contributed by atoms with van der Waals surface area (Å²) in [5.41, 5.74) is 12.5. The molecule has 0 aliphatic carbocycles. The van der Waals surface area contributed by atoms with E-state index in [1.165, 1.54) is 0 Å². The Hall–Kier alpha value is -2.67. The van der Waals surface area contributed by atoms with Gasteiger partial charge in [0.1, 0.15) is 5.25 Å². The highest BCUT2D eigenvalue weighted by Crippen LogP contribution is 2.28. The molecule has 0 aliphatic rings. The van der Waals surface area contributed by atoms with Crippen LogP contribution < -0.4 is 11.5 Å². The second-order valence-corrected chi connectivity index (χ2v) is 5.72. The summed E-state index contributed by atoms with van der Waals surface area (Å²) in [4.78, 5) is 9.00. The van der Waals surface area contributed by atoms with Crippen LogP contribution in [0.2, 0.25) is 0 Å². The van der Waals surface area contributed by atoms with Gasteiger partial charge in [-0.05, 0) is 11.1 Å². The van der Waals surface area contributed by atoms with E-state index < -0.39 is 17.0 Å². The largest absolute Gasteiger partial charge is 0.481 e. The molecule has 5 N–H and O–H groups in total. The summed E-state index contributed by atoms with van der Waals surface area (Å²) in [5, 5.41) is 7.05. The standard InChI is InChI=1S/C14H15N3OS.C2H4O2/c15-14(16)17-19(18)13(11-7-3-1-4-8-11)12-9-5-2-6-10-12;1-2(3)4/h1-10,13H,(H4,15,16,17);1H3,(H,3,4)/t19-;/m1./s1. The van der Waals surface area contributed by atoms with Gasteiger partial charge in [0.15, 0.2) is 16.9 Å². The smallest absolute Gasteiger partial charge is 0.300 e. The third kappa shape index (κ3) is 6.75. The average molecular weight is 333 g/mol.